The molecular weight excluding hydrogens is 463 g/mol. The summed E-state index contributed by atoms with van der Waals surface area (Å²) >= 11 is 13.7. The molecule has 0 aliphatic carbocycles. The molecule has 1 N–H and O–H groups in total. The van der Waals surface area contributed by atoms with Crippen molar-refractivity contribution in [2.45, 2.75) is 52.5 Å². The van der Waals surface area contributed by atoms with Crippen LogP contribution in [0, 0.1) is 12.8 Å². The van der Waals surface area contributed by atoms with Gasteiger partial charge in [0.25, 0.3) is 0 Å². The molecule has 0 unspecified atom stereocenters. The Hall–Kier alpha value is -1.69. The first-order valence-electron chi connectivity index (χ1n) is 10.9. The van der Waals surface area contributed by atoms with Gasteiger partial charge in [-0.3, -0.25) is 9.59 Å². The number of benzene rings is 2. The minimum absolute atomic E-state index is 0.0619. The molecule has 0 aliphatic heterocycles. The average molecular weight is 496 g/mol. The number of aryl methyl sites for hydroxylation is 1. The number of hydrogen-bond donors (Lipinski definition) is 1. The van der Waals surface area contributed by atoms with E-state index in [2.05, 4.69) is 25.2 Å². The lowest BCUT2D eigenvalue weighted by Gasteiger charge is -2.31. The van der Waals surface area contributed by atoms with Crippen molar-refractivity contribution in [3.8, 4) is 0 Å². The molecule has 0 aliphatic rings. The van der Waals surface area contributed by atoms with Gasteiger partial charge < -0.3 is 10.2 Å². The molecule has 0 fully saturated rings. The van der Waals surface area contributed by atoms with Crippen LogP contribution in [0.2, 0.25) is 10.0 Å². The Kier molecular flexibility index (Phi) is 10.9. The predicted octanol–water partition coefficient (Wildman–Crippen LogP) is 6.11. The Balaban J connectivity index is 2.14. The monoisotopic (exact) mass is 494 g/mol. The van der Waals surface area contributed by atoms with E-state index in [1.807, 2.05) is 38.1 Å². The zero-order valence-electron chi connectivity index (χ0n) is 19.2. The van der Waals surface area contributed by atoms with Crippen LogP contribution < -0.4 is 5.32 Å². The molecular formula is C25H32Cl2N2O2S. The number of nitrogens with zero attached hydrogens (tertiary/aromatic N) is 1. The van der Waals surface area contributed by atoms with Crippen molar-refractivity contribution < 1.29 is 9.59 Å². The molecule has 32 heavy (non-hydrogen) atoms. The number of amides is 2. The van der Waals surface area contributed by atoms with Crippen LogP contribution >= 0.6 is 35.0 Å². The van der Waals surface area contributed by atoms with Crippen molar-refractivity contribution in [2.75, 3.05) is 12.3 Å². The van der Waals surface area contributed by atoms with E-state index in [9.17, 15) is 9.59 Å². The summed E-state index contributed by atoms with van der Waals surface area (Å²) in [5.74, 6) is 1.04. The van der Waals surface area contributed by atoms with Crippen molar-refractivity contribution in [3.63, 3.8) is 0 Å². The summed E-state index contributed by atoms with van der Waals surface area (Å²) in [6.07, 6.45) is 0.551. The Morgan fingerprint density at radius 3 is 2.50 bits per heavy atom. The van der Waals surface area contributed by atoms with E-state index < -0.39 is 6.04 Å². The highest BCUT2D eigenvalue weighted by molar-refractivity contribution is 7.99. The SMILES string of the molecule is CC[C@H](C(=O)NCC(C)C)N(Cc1cccc(C)c1)C(=O)CSCc1ccc(Cl)cc1Cl. The van der Waals surface area contributed by atoms with E-state index >= 15 is 0 Å². The van der Waals surface area contributed by atoms with E-state index in [0.717, 1.165) is 16.7 Å². The fraction of sp³-hybridized carbons (Fsp3) is 0.440. The zero-order valence-corrected chi connectivity index (χ0v) is 21.5. The number of rotatable bonds is 11. The third kappa shape index (κ3) is 8.34. The summed E-state index contributed by atoms with van der Waals surface area (Å²) in [7, 11) is 0. The van der Waals surface area contributed by atoms with E-state index in [0.29, 0.717) is 41.2 Å². The number of carbonyl (C=O) groups is 2. The molecule has 0 spiro atoms. The molecule has 2 aromatic carbocycles. The Morgan fingerprint density at radius 2 is 1.88 bits per heavy atom. The van der Waals surface area contributed by atoms with Crippen LogP contribution in [0.1, 0.15) is 43.9 Å². The summed E-state index contributed by atoms with van der Waals surface area (Å²) < 4.78 is 0. The molecule has 0 saturated carbocycles. The topological polar surface area (TPSA) is 49.4 Å². The van der Waals surface area contributed by atoms with E-state index in [4.69, 9.17) is 23.2 Å². The molecule has 0 saturated heterocycles. The van der Waals surface area contributed by atoms with E-state index in [1.54, 1.807) is 17.0 Å². The van der Waals surface area contributed by atoms with Crippen molar-refractivity contribution in [3.05, 3.63) is 69.2 Å². The second kappa shape index (κ2) is 13.1. The number of thioether (sulfide) groups is 1. The zero-order chi connectivity index (χ0) is 23.7. The minimum atomic E-state index is -0.513. The Bertz CT molecular complexity index is 921. The molecule has 0 radical (unpaired) electrons. The first-order chi connectivity index (χ1) is 15.2. The molecule has 2 amide bonds. The van der Waals surface area contributed by atoms with Gasteiger partial charge in [-0.15, -0.1) is 11.8 Å². The molecule has 7 heteroatoms. The third-order valence-electron chi connectivity index (χ3n) is 5.00. The van der Waals surface area contributed by atoms with Crippen LogP contribution in [0.4, 0.5) is 0 Å². The Labute approximate surface area is 206 Å². The van der Waals surface area contributed by atoms with Crippen molar-refractivity contribution in [1.82, 2.24) is 10.2 Å². The van der Waals surface area contributed by atoms with Crippen LogP contribution in [0.15, 0.2) is 42.5 Å². The first-order valence-corrected chi connectivity index (χ1v) is 12.8. The van der Waals surface area contributed by atoms with Crippen molar-refractivity contribution >= 4 is 46.8 Å². The van der Waals surface area contributed by atoms with Gasteiger partial charge in [-0.2, -0.15) is 0 Å². The molecule has 174 valence electrons. The molecule has 2 aromatic rings. The van der Waals surface area contributed by atoms with Crippen molar-refractivity contribution in [2.24, 2.45) is 5.92 Å². The maximum Gasteiger partial charge on any atom is 0.242 e. The highest BCUT2D eigenvalue weighted by Crippen LogP contribution is 2.25. The molecule has 2 rings (SSSR count). The fourth-order valence-electron chi connectivity index (χ4n) is 3.32. The standard InChI is InChI=1S/C25H32Cl2N2O2S/c1-5-23(25(31)28-13-17(2)3)29(14-19-8-6-7-18(4)11-19)24(30)16-32-15-20-9-10-21(26)12-22(20)27/h6-12,17,23H,5,13-16H2,1-4H3,(H,28,31)/t23-/m1/s1. The molecule has 4 nitrogen and oxygen atoms in total. The van der Waals surface area contributed by atoms with Gasteiger partial charge in [-0.05, 0) is 42.5 Å². The smallest absolute Gasteiger partial charge is 0.242 e. The normalized spacial score (nSPS) is 12.0. The highest BCUT2D eigenvalue weighted by Gasteiger charge is 2.28. The van der Waals surface area contributed by atoms with Crippen LogP contribution in [0.5, 0.6) is 0 Å². The van der Waals surface area contributed by atoms with Gasteiger partial charge in [0.05, 0.1) is 5.75 Å². The van der Waals surface area contributed by atoms with Gasteiger partial charge in [0.2, 0.25) is 11.8 Å². The minimum Gasteiger partial charge on any atom is -0.354 e. The second-order valence-corrected chi connectivity index (χ2v) is 10.1. The molecule has 0 bridgehead atoms. The lowest BCUT2D eigenvalue weighted by atomic mass is 10.1. The Morgan fingerprint density at radius 1 is 1.12 bits per heavy atom. The highest BCUT2D eigenvalue weighted by atomic mass is 35.5. The third-order valence-corrected chi connectivity index (χ3v) is 6.56. The van der Waals surface area contributed by atoms with Gasteiger partial charge >= 0.3 is 0 Å². The van der Waals surface area contributed by atoms with Crippen LogP contribution in [0.3, 0.4) is 0 Å². The average Bonchev–Trinajstić information content (AvgIpc) is 2.73. The van der Waals surface area contributed by atoms with Gasteiger partial charge in [-0.25, -0.2) is 0 Å². The quantitative estimate of drug-likeness (QED) is 0.409. The molecule has 1 atom stereocenters. The molecule has 0 aromatic heterocycles. The molecule has 0 heterocycles. The maximum atomic E-state index is 13.3. The van der Waals surface area contributed by atoms with E-state index in [-0.39, 0.29) is 17.6 Å². The summed E-state index contributed by atoms with van der Waals surface area (Å²) in [6.45, 7) is 9.05. The van der Waals surface area contributed by atoms with Gasteiger partial charge in [-0.1, -0.05) is 79.9 Å². The van der Waals surface area contributed by atoms with Gasteiger partial charge in [0.15, 0.2) is 0 Å². The number of nitrogens with one attached hydrogen (secondary N) is 1. The van der Waals surface area contributed by atoms with Crippen molar-refractivity contribution in [1.29, 1.82) is 0 Å². The predicted molar refractivity (Wildman–Crippen MR) is 136 cm³/mol. The van der Waals surface area contributed by atoms with Gasteiger partial charge in [0, 0.05) is 28.9 Å². The summed E-state index contributed by atoms with van der Waals surface area (Å²) in [6, 6.07) is 12.9. The number of halogens is 2. The van der Waals surface area contributed by atoms with Crippen LogP contribution in [-0.2, 0) is 21.9 Å². The largest absolute Gasteiger partial charge is 0.354 e. The number of carbonyl (C=O) groups excluding carboxylic acids is 2. The summed E-state index contributed by atoms with van der Waals surface area (Å²) in [5.41, 5.74) is 3.07. The second-order valence-electron chi connectivity index (χ2n) is 8.30. The van der Waals surface area contributed by atoms with E-state index in [1.165, 1.54) is 11.8 Å². The first kappa shape index (κ1) is 26.6. The maximum absolute atomic E-state index is 13.3. The lowest BCUT2D eigenvalue weighted by Crippen LogP contribution is -2.50. The summed E-state index contributed by atoms with van der Waals surface area (Å²) in [5, 5.41) is 4.17. The summed E-state index contributed by atoms with van der Waals surface area (Å²) in [4.78, 5) is 27.9. The fourth-order valence-corrected chi connectivity index (χ4v) is 4.79. The van der Waals surface area contributed by atoms with Crippen LogP contribution in [-0.4, -0.2) is 35.1 Å². The lowest BCUT2D eigenvalue weighted by molar-refractivity contribution is -0.139. The van der Waals surface area contributed by atoms with Crippen LogP contribution in [0.25, 0.3) is 0 Å². The number of hydrogen-bond acceptors (Lipinski definition) is 3. The van der Waals surface area contributed by atoms with Gasteiger partial charge in [0.1, 0.15) is 6.04 Å².